The maximum Gasteiger partial charge on any atom is 0.250 e. The number of morpholine rings is 1. The van der Waals surface area contributed by atoms with Crippen LogP contribution < -0.4 is 5.32 Å². The molecule has 0 unspecified atom stereocenters. The number of anilines is 1. The summed E-state index contributed by atoms with van der Waals surface area (Å²) in [6, 6.07) is 11.4. The van der Waals surface area contributed by atoms with Gasteiger partial charge in [0.15, 0.2) is 5.13 Å². The molecule has 0 radical (unpaired) electrons. The van der Waals surface area contributed by atoms with Crippen LogP contribution in [0.4, 0.5) is 5.13 Å². The van der Waals surface area contributed by atoms with Gasteiger partial charge in [0.2, 0.25) is 5.91 Å². The minimum Gasteiger partial charge on any atom is -0.379 e. The first-order valence-corrected chi connectivity index (χ1v) is 10.8. The molecule has 1 aliphatic rings. The van der Waals surface area contributed by atoms with E-state index in [-0.39, 0.29) is 5.91 Å². The van der Waals surface area contributed by atoms with E-state index in [0.717, 1.165) is 48.6 Å². The predicted octanol–water partition coefficient (Wildman–Crippen LogP) is 5.09. The zero-order valence-electron chi connectivity index (χ0n) is 15.5. The molecule has 0 saturated carbocycles. The minimum atomic E-state index is -0.247. The Bertz CT molecular complexity index is 1060. The van der Waals surface area contributed by atoms with Gasteiger partial charge >= 0.3 is 0 Å². The predicted molar refractivity (Wildman–Crippen MR) is 120 cm³/mol. The van der Waals surface area contributed by atoms with Crippen LogP contribution in [-0.2, 0) is 16.1 Å². The molecule has 1 N–H and O–H groups in total. The molecule has 2 heterocycles. The summed E-state index contributed by atoms with van der Waals surface area (Å²) < 4.78 is 6.45. The third-order valence-electron chi connectivity index (χ3n) is 4.56. The number of carbonyl (C=O) groups excluding carboxylic acids is 1. The molecule has 0 atom stereocenters. The van der Waals surface area contributed by atoms with Crippen LogP contribution in [0.25, 0.3) is 16.3 Å². The SMILES string of the molecule is O=C(/C=C/c1ccc(Cl)c(Cl)c1)Nc1nc2ccc(CN3CCOCC3)cc2s1. The summed E-state index contributed by atoms with van der Waals surface area (Å²) in [5.41, 5.74) is 2.91. The Kier molecular flexibility index (Phi) is 6.47. The number of halogens is 2. The van der Waals surface area contributed by atoms with Gasteiger partial charge in [-0.25, -0.2) is 4.98 Å². The van der Waals surface area contributed by atoms with Gasteiger partial charge in [-0.2, -0.15) is 0 Å². The summed E-state index contributed by atoms with van der Waals surface area (Å²) in [5.74, 6) is -0.247. The van der Waals surface area contributed by atoms with Gasteiger partial charge in [0.25, 0.3) is 0 Å². The first-order chi connectivity index (χ1) is 14.1. The molecule has 150 valence electrons. The number of thiazole rings is 1. The van der Waals surface area contributed by atoms with Gasteiger partial charge in [-0.3, -0.25) is 15.0 Å². The van der Waals surface area contributed by atoms with E-state index in [2.05, 4.69) is 27.3 Å². The lowest BCUT2D eigenvalue weighted by Gasteiger charge is -2.26. The molecule has 4 rings (SSSR count). The van der Waals surface area contributed by atoms with E-state index in [9.17, 15) is 4.79 Å². The fourth-order valence-electron chi connectivity index (χ4n) is 3.07. The summed E-state index contributed by atoms with van der Waals surface area (Å²) in [7, 11) is 0. The van der Waals surface area contributed by atoms with E-state index in [1.165, 1.54) is 23.0 Å². The summed E-state index contributed by atoms with van der Waals surface area (Å²) in [5, 5.41) is 4.33. The largest absolute Gasteiger partial charge is 0.379 e. The molecule has 5 nitrogen and oxygen atoms in total. The molecule has 1 fully saturated rings. The number of benzene rings is 2. The van der Waals surface area contributed by atoms with Crippen LogP contribution in [0.5, 0.6) is 0 Å². The number of nitrogens with zero attached hydrogens (tertiary/aromatic N) is 2. The number of hydrogen-bond donors (Lipinski definition) is 1. The third kappa shape index (κ3) is 5.35. The number of ether oxygens (including phenoxy) is 1. The Hall–Kier alpha value is -1.96. The number of rotatable bonds is 5. The highest BCUT2D eigenvalue weighted by Crippen LogP contribution is 2.27. The van der Waals surface area contributed by atoms with E-state index in [0.29, 0.717) is 15.2 Å². The average molecular weight is 448 g/mol. The number of fused-ring (bicyclic) bond motifs is 1. The Labute approximate surface area is 182 Å². The highest BCUT2D eigenvalue weighted by Gasteiger charge is 2.12. The second kappa shape index (κ2) is 9.24. The fourth-order valence-corrected chi connectivity index (χ4v) is 4.31. The molecule has 0 aliphatic carbocycles. The highest BCUT2D eigenvalue weighted by atomic mass is 35.5. The summed E-state index contributed by atoms with van der Waals surface area (Å²) in [4.78, 5) is 19.1. The van der Waals surface area contributed by atoms with Crippen LogP contribution in [0.1, 0.15) is 11.1 Å². The summed E-state index contributed by atoms with van der Waals surface area (Å²) >= 11 is 13.4. The van der Waals surface area contributed by atoms with Gasteiger partial charge in [0.05, 0.1) is 33.5 Å². The van der Waals surface area contributed by atoms with Crippen molar-refractivity contribution in [2.45, 2.75) is 6.54 Å². The fraction of sp³-hybridized carbons (Fsp3) is 0.238. The molecule has 1 aromatic heterocycles. The third-order valence-corrected chi connectivity index (χ3v) is 6.24. The Morgan fingerprint density at radius 3 is 2.79 bits per heavy atom. The van der Waals surface area contributed by atoms with Crippen LogP contribution in [0.2, 0.25) is 10.0 Å². The van der Waals surface area contributed by atoms with Crippen LogP contribution >= 0.6 is 34.5 Å². The molecular weight excluding hydrogens is 429 g/mol. The molecule has 8 heteroatoms. The second-order valence-electron chi connectivity index (χ2n) is 6.71. The van der Waals surface area contributed by atoms with E-state index in [1.54, 1.807) is 24.3 Å². The van der Waals surface area contributed by atoms with Crippen molar-refractivity contribution in [2.24, 2.45) is 0 Å². The molecule has 0 bridgehead atoms. The maximum atomic E-state index is 12.2. The number of carbonyl (C=O) groups is 1. The van der Waals surface area contributed by atoms with Crippen molar-refractivity contribution in [3.05, 3.63) is 63.6 Å². The zero-order chi connectivity index (χ0) is 20.2. The maximum absolute atomic E-state index is 12.2. The van der Waals surface area contributed by atoms with E-state index < -0.39 is 0 Å². The van der Waals surface area contributed by atoms with Crippen molar-refractivity contribution in [1.29, 1.82) is 0 Å². The first-order valence-electron chi connectivity index (χ1n) is 9.20. The quantitative estimate of drug-likeness (QED) is 0.553. The van der Waals surface area contributed by atoms with Crippen LogP contribution in [0.3, 0.4) is 0 Å². The highest BCUT2D eigenvalue weighted by molar-refractivity contribution is 7.22. The van der Waals surface area contributed by atoms with Crippen molar-refractivity contribution >= 4 is 61.9 Å². The number of hydrogen-bond acceptors (Lipinski definition) is 5. The minimum absolute atomic E-state index is 0.247. The van der Waals surface area contributed by atoms with Crippen LogP contribution in [0, 0.1) is 0 Å². The van der Waals surface area contributed by atoms with E-state index in [1.807, 2.05) is 6.07 Å². The van der Waals surface area contributed by atoms with Gasteiger partial charge < -0.3 is 4.74 Å². The number of aromatic nitrogens is 1. The molecule has 29 heavy (non-hydrogen) atoms. The first kappa shape index (κ1) is 20.3. The van der Waals surface area contributed by atoms with Crippen molar-refractivity contribution < 1.29 is 9.53 Å². The van der Waals surface area contributed by atoms with Crippen molar-refractivity contribution in [2.75, 3.05) is 31.6 Å². The Morgan fingerprint density at radius 1 is 1.17 bits per heavy atom. The lowest BCUT2D eigenvalue weighted by atomic mass is 10.2. The molecule has 1 aliphatic heterocycles. The van der Waals surface area contributed by atoms with Crippen molar-refractivity contribution in [3.8, 4) is 0 Å². The normalized spacial score (nSPS) is 15.2. The van der Waals surface area contributed by atoms with Crippen molar-refractivity contribution in [3.63, 3.8) is 0 Å². The topological polar surface area (TPSA) is 54.5 Å². The Balaban J connectivity index is 1.41. The molecular formula is C21H19Cl2N3O2S. The molecule has 0 spiro atoms. The molecule has 1 amide bonds. The lowest BCUT2D eigenvalue weighted by molar-refractivity contribution is -0.111. The summed E-state index contributed by atoms with van der Waals surface area (Å²) in [6.45, 7) is 4.37. The monoisotopic (exact) mass is 447 g/mol. The van der Waals surface area contributed by atoms with Gasteiger partial charge in [0, 0.05) is 25.7 Å². The summed E-state index contributed by atoms with van der Waals surface area (Å²) in [6.07, 6.45) is 3.14. The average Bonchev–Trinajstić information content (AvgIpc) is 3.11. The molecule has 1 saturated heterocycles. The molecule has 3 aromatic rings. The zero-order valence-corrected chi connectivity index (χ0v) is 17.9. The van der Waals surface area contributed by atoms with Crippen LogP contribution in [-0.4, -0.2) is 42.1 Å². The lowest BCUT2D eigenvalue weighted by Crippen LogP contribution is -2.35. The van der Waals surface area contributed by atoms with E-state index in [4.69, 9.17) is 27.9 Å². The van der Waals surface area contributed by atoms with Gasteiger partial charge in [-0.05, 0) is 41.5 Å². The van der Waals surface area contributed by atoms with Crippen molar-refractivity contribution in [1.82, 2.24) is 9.88 Å². The van der Waals surface area contributed by atoms with E-state index >= 15 is 0 Å². The number of nitrogens with one attached hydrogen (secondary N) is 1. The standard InChI is InChI=1S/C21H19Cl2N3O2S/c22-16-4-1-14(11-17(16)23)3-6-20(27)25-21-24-18-5-2-15(12-19(18)29-21)13-26-7-9-28-10-8-26/h1-6,11-12H,7-10,13H2,(H,24,25,27)/b6-3+. The molecule has 2 aromatic carbocycles. The van der Waals surface area contributed by atoms with Gasteiger partial charge in [-0.15, -0.1) is 0 Å². The smallest absolute Gasteiger partial charge is 0.250 e. The van der Waals surface area contributed by atoms with Gasteiger partial charge in [0.1, 0.15) is 0 Å². The van der Waals surface area contributed by atoms with Crippen LogP contribution in [0.15, 0.2) is 42.5 Å². The Morgan fingerprint density at radius 2 is 2.00 bits per heavy atom. The second-order valence-corrected chi connectivity index (χ2v) is 8.55. The number of amides is 1. The van der Waals surface area contributed by atoms with Gasteiger partial charge in [-0.1, -0.05) is 46.7 Å².